The van der Waals surface area contributed by atoms with E-state index in [1.165, 1.54) is 16.8 Å². The normalized spacial score (nSPS) is 10.6. The lowest BCUT2D eigenvalue weighted by Gasteiger charge is -2.23. The van der Waals surface area contributed by atoms with Crippen molar-refractivity contribution in [3.63, 3.8) is 0 Å². The van der Waals surface area contributed by atoms with Crippen LogP contribution in [0.3, 0.4) is 0 Å². The molecular formula is C16H24N6. The number of benzene rings is 1. The van der Waals surface area contributed by atoms with E-state index in [-0.39, 0.29) is 5.95 Å². The maximum atomic E-state index is 5.79. The smallest absolute Gasteiger partial charge is 0.229 e. The molecule has 0 aliphatic heterocycles. The Bertz CT molecular complexity index is 633. The third-order valence-electron chi connectivity index (χ3n) is 3.37. The van der Waals surface area contributed by atoms with Gasteiger partial charge in [0, 0.05) is 26.3 Å². The van der Waals surface area contributed by atoms with E-state index in [4.69, 9.17) is 5.73 Å². The van der Waals surface area contributed by atoms with Crippen LogP contribution in [-0.4, -0.2) is 35.6 Å². The summed E-state index contributed by atoms with van der Waals surface area (Å²) in [5.74, 6) is 1.52. The molecule has 1 aromatic heterocycles. The van der Waals surface area contributed by atoms with Gasteiger partial charge in [-0.05, 0) is 44.0 Å². The molecule has 1 aromatic carbocycles. The summed E-state index contributed by atoms with van der Waals surface area (Å²) in [5, 5.41) is 0. The number of anilines is 3. The standard InChI is InChI=1S/C16H24N6/c1-6-22(13-8-11(2)7-12(3)9-13)10-14-18-15(17)20-16(19-14)21(4)5/h7-9H,6,10H2,1-5H3,(H2,17,18,19,20). The molecule has 22 heavy (non-hydrogen) atoms. The Kier molecular flexibility index (Phi) is 4.80. The molecule has 118 valence electrons. The third kappa shape index (κ3) is 3.84. The van der Waals surface area contributed by atoms with Crippen LogP contribution in [0.25, 0.3) is 0 Å². The maximum Gasteiger partial charge on any atom is 0.229 e. The molecule has 0 saturated carbocycles. The van der Waals surface area contributed by atoms with Gasteiger partial charge in [0.2, 0.25) is 11.9 Å². The molecule has 0 amide bonds. The van der Waals surface area contributed by atoms with Crippen molar-refractivity contribution in [2.75, 3.05) is 36.2 Å². The Hall–Kier alpha value is -2.37. The second-order valence-electron chi connectivity index (χ2n) is 5.66. The molecule has 1 heterocycles. The highest BCUT2D eigenvalue weighted by atomic mass is 15.3. The summed E-state index contributed by atoms with van der Waals surface area (Å²) in [6.07, 6.45) is 0. The molecule has 0 radical (unpaired) electrons. The molecule has 0 aliphatic carbocycles. The molecule has 0 atom stereocenters. The Morgan fingerprint density at radius 2 is 1.64 bits per heavy atom. The lowest BCUT2D eigenvalue weighted by Crippen LogP contribution is -2.25. The van der Waals surface area contributed by atoms with Gasteiger partial charge in [0.25, 0.3) is 0 Å². The molecular weight excluding hydrogens is 276 g/mol. The van der Waals surface area contributed by atoms with Crippen LogP contribution >= 0.6 is 0 Å². The molecule has 0 spiro atoms. The number of nitrogen functional groups attached to an aromatic ring is 1. The zero-order valence-corrected chi connectivity index (χ0v) is 14.0. The van der Waals surface area contributed by atoms with Gasteiger partial charge in [-0.2, -0.15) is 15.0 Å². The second kappa shape index (κ2) is 6.60. The van der Waals surface area contributed by atoms with E-state index in [9.17, 15) is 0 Å². The lowest BCUT2D eigenvalue weighted by molar-refractivity contribution is 0.767. The van der Waals surface area contributed by atoms with Crippen molar-refractivity contribution in [1.82, 2.24) is 15.0 Å². The Morgan fingerprint density at radius 1 is 1.00 bits per heavy atom. The number of nitrogens with two attached hydrogens (primary N) is 1. The van der Waals surface area contributed by atoms with Crippen LogP contribution in [0.2, 0.25) is 0 Å². The number of aromatic nitrogens is 3. The summed E-state index contributed by atoms with van der Waals surface area (Å²) in [6.45, 7) is 7.80. The van der Waals surface area contributed by atoms with Crippen LogP contribution in [0.5, 0.6) is 0 Å². The summed E-state index contributed by atoms with van der Waals surface area (Å²) < 4.78 is 0. The van der Waals surface area contributed by atoms with E-state index in [0.717, 1.165) is 6.54 Å². The van der Waals surface area contributed by atoms with Crippen LogP contribution in [-0.2, 0) is 6.54 Å². The highest BCUT2D eigenvalue weighted by Crippen LogP contribution is 2.20. The first-order valence-corrected chi connectivity index (χ1v) is 7.40. The minimum absolute atomic E-state index is 0.255. The van der Waals surface area contributed by atoms with Crippen LogP contribution in [0, 0.1) is 13.8 Å². The molecule has 6 heteroatoms. The monoisotopic (exact) mass is 300 g/mol. The first-order valence-electron chi connectivity index (χ1n) is 7.40. The Balaban J connectivity index is 2.30. The average molecular weight is 300 g/mol. The minimum Gasteiger partial charge on any atom is -0.368 e. The first kappa shape index (κ1) is 16.0. The van der Waals surface area contributed by atoms with Gasteiger partial charge >= 0.3 is 0 Å². The van der Waals surface area contributed by atoms with Gasteiger partial charge in [0.15, 0.2) is 5.82 Å². The Morgan fingerprint density at radius 3 is 2.18 bits per heavy atom. The van der Waals surface area contributed by atoms with E-state index in [2.05, 4.69) is 58.8 Å². The summed E-state index contributed by atoms with van der Waals surface area (Å²) >= 11 is 0. The number of hydrogen-bond donors (Lipinski definition) is 1. The fraction of sp³-hybridized carbons (Fsp3) is 0.438. The molecule has 0 aliphatic rings. The third-order valence-corrected chi connectivity index (χ3v) is 3.37. The van der Waals surface area contributed by atoms with Gasteiger partial charge in [-0.3, -0.25) is 0 Å². The SMILES string of the molecule is CCN(Cc1nc(N)nc(N(C)C)n1)c1cc(C)cc(C)c1. The predicted molar refractivity (Wildman–Crippen MR) is 91.2 cm³/mol. The van der Waals surface area contributed by atoms with Crippen molar-refractivity contribution < 1.29 is 0 Å². The second-order valence-corrected chi connectivity index (χ2v) is 5.66. The number of aryl methyl sites for hydroxylation is 2. The largest absolute Gasteiger partial charge is 0.368 e. The highest BCUT2D eigenvalue weighted by Gasteiger charge is 2.11. The summed E-state index contributed by atoms with van der Waals surface area (Å²) in [4.78, 5) is 16.9. The summed E-state index contributed by atoms with van der Waals surface area (Å²) in [7, 11) is 3.78. The van der Waals surface area contributed by atoms with Gasteiger partial charge in [0.05, 0.1) is 6.54 Å². The van der Waals surface area contributed by atoms with Crippen LogP contribution in [0.15, 0.2) is 18.2 Å². The first-order chi connectivity index (χ1) is 10.4. The predicted octanol–water partition coefficient (Wildman–Crippen LogP) is 2.16. The molecule has 2 aromatic rings. The van der Waals surface area contributed by atoms with Crippen molar-refractivity contribution in [3.8, 4) is 0 Å². The van der Waals surface area contributed by atoms with Crippen molar-refractivity contribution in [2.24, 2.45) is 0 Å². The van der Waals surface area contributed by atoms with Crippen molar-refractivity contribution in [1.29, 1.82) is 0 Å². The number of rotatable bonds is 5. The molecule has 0 bridgehead atoms. The van der Waals surface area contributed by atoms with Crippen LogP contribution < -0.4 is 15.5 Å². The fourth-order valence-electron chi connectivity index (χ4n) is 2.39. The van der Waals surface area contributed by atoms with E-state index in [1.54, 1.807) is 0 Å². The Labute approximate surface area is 132 Å². The average Bonchev–Trinajstić information content (AvgIpc) is 2.43. The van der Waals surface area contributed by atoms with Gasteiger partial charge in [-0.25, -0.2) is 0 Å². The maximum absolute atomic E-state index is 5.79. The number of nitrogens with zero attached hydrogens (tertiary/aromatic N) is 5. The molecule has 6 nitrogen and oxygen atoms in total. The zero-order valence-electron chi connectivity index (χ0n) is 14.0. The van der Waals surface area contributed by atoms with Crippen molar-refractivity contribution >= 4 is 17.6 Å². The summed E-state index contributed by atoms with van der Waals surface area (Å²) in [6, 6.07) is 6.52. The van der Waals surface area contributed by atoms with Gasteiger partial charge < -0.3 is 15.5 Å². The van der Waals surface area contributed by atoms with E-state index >= 15 is 0 Å². The molecule has 0 unspecified atom stereocenters. The summed E-state index contributed by atoms with van der Waals surface area (Å²) in [5.41, 5.74) is 9.46. The van der Waals surface area contributed by atoms with E-state index in [1.807, 2.05) is 19.0 Å². The van der Waals surface area contributed by atoms with Gasteiger partial charge in [-0.15, -0.1) is 0 Å². The zero-order chi connectivity index (χ0) is 16.3. The molecule has 2 rings (SSSR count). The van der Waals surface area contributed by atoms with E-state index in [0.29, 0.717) is 18.3 Å². The topological polar surface area (TPSA) is 71.2 Å². The van der Waals surface area contributed by atoms with Crippen LogP contribution in [0.4, 0.5) is 17.6 Å². The number of hydrogen-bond acceptors (Lipinski definition) is 6. The van der Waals surface area contributed by atoms with Gasteiger partial charge in [0.1, 0.15) is 0 Å². The highest BCUT2D eigenvalue weighted by molar-refractivity contribution is 5.51. The molecule has 0 fully saturated rings. The van der Waals surface area contributed by atoms with Crippen molar-refractivity contribution in [2.45, 2.75) is 27.3 Å². The molecule has 0 saturated heterocycles. The van der Waals surface area contributed by atoms with Gasteiger partial charge in [-0.1, -0.05) is 6.07 Å². The minimum atomic E-state index is 0.255. The lowest BCUT2D eigenvalue weighted by atomic mass is 10.1. The fourth-order valence-corrected chi connectivity index (χ4v) is 2.39. The molecule has 2 N–H and O–H groups in total. The van der Waals surface area contributed by atoms with Crippen LogP contribution in [0.1, 0.15) is 23.9 Å². The quantitative estimate of drug-likeness (QED) is 0.912. The van der Waals surface area contributed by atoms with E-state index < -0.39 is 0 Å². The van der Waals surface area contributed by atoms with Crippen molar-refractivity contribution in [3.05, 3.63) is 35.2 Å².